The maximum absolute atomic E-state index is 6.53. The Hall–Kier alpha value is -6.04. The molecule has 0 spiro atoms. The minimum Gasteiger partial charge on any atom is -0.455 e. The second kappa shape index (κ2) is 16.3. The summed E-state index contributed by atoms with van der Waals surface area (Å²) in [5.41, 5.74) is 20.5. The third-order valence-electron chi connectivity index (χ3n) is 13.8. The molecule has 2 aromatic heterocycles. The van der Waals surface area contributed by atoms with E-state index in [0.717, 1.165) is 89.6 Å². The van der Waals surface area contributed by atoms with E-state index in [-0.39, 0.29) is 66.7 Å². The van der Waals surface area contributed by atoms with Gasteiger partial charge in [0.1, 0.15) is 11.2 Å². The zero-order chi connectivity index (χ0) is 43.7. The van der Waals surface area contributed by atoms with Crippen LogP contribution in [-0.2, 0) is 60.0 Å². The smallest absolute Gasteiger partial charge is 0.455 e. The van der Waals surface area contributed by atoms with Crippen LogP contribution in [0.25, 0.3) is 60.6 Å². The molecule has 0 saturated heterocycles. The molecular formula is C60H42BCd2N3O. The number of hydrogen-bond donors (Lipinski definition) is 0. The van der Waals surface area contributed by atoms with Gasteiger partial charge in [0.2, 0.25) is 0 Å². The van der Waals surface area contributed by atoms with E-state index in [2.05, 4.69) is 200 Å². The number of hydrogen-bond acceptors (Lipinski definition) is 3. The number of fused-ring (bicyclic) bond motifs is 10. The van der Waals surface area contributed by atoms with Gasteiger partial charge < -0.3 is 30.9 Å². The molecule has 9 aromatic carbocycles. The van der Waals surface area contributed by atoms with E-state index < -0.39 is 0 Å². The molecule has 0 amide bonds. The molecule has 4 nitrogen and oxygen atoms in total. The number of aryl methyl sites for hydroxylation is 1. The van der Waals surface area contributed by atoms with Crippen molar-refractivity contribution >= 4 is 101 Å². The largest absolute Gasteiger partial charge is 2.00 e. The van der Waals surface area contributed by atoms with Crippen LogP contribution in [0, 0.1) is 32.0 Å². The molecular weight excluding hydrogens is 1010 g/mol. The molecule has 2 aliphatic rings. The number of furan rings is 1. The number of anilines is 6. The summed E-state index contributed by atoms with van der Waals surface area (Å²) in [6, 6.07) is 72.3. The van der Waals surface area contributed by atoms with Crippen LogP contribution in [0.2, 0.25) is 0 Å². The van der Waals surface area contributed by atoms with E-state index in [1.165, 1.54) is 38.2 Å². The van der Waals surface area contributed by atoms with Gasteiger partial charge in [0.05, 0.1) is 11.0 Å². The minimum absolute atomic E-state index is 0. The van der Waals surface area contributed by atoms with Gasteiger partial charge in [0.15, 0.2) is 6.71 Å². The molecule has 0 saturated carbocycles. The number of nitrogens with zero attached hydrogens (tertiary/aromatic N) is 3. The van der Waals surface area contributed by atoms with Crippen molar-refractivity contribution in [2.75, 3.05) is 9.80 Å². The van der Waals surface area contributed by atoms with Gasteiger partial charge in [-0.05, 0) is 59.5 Å². The molecule has 0 fully saturated rings. The average Bonchev–Trinajstić information content (AvgIpc) is 3.88. The van der Waals surface area contributed by atoms with E-state index in [0.29, 0.717) is 0 Å². The summed E-state index contributed by atoms with van der Waals surface area (Å²) in [6.45, 7) is 13.7. The Morgan fingerprint density at radius 1 is 0.597 bits per heavy atom. The third-order valence-corrected chi connectivity index (χ3v) is 13.8. The van der Waals surface area contributed by atoms with E-state index in [9.17, 15) is 0 Å². The SMILES string of the molecule is [CH2-]c1c(C)cc2c3c1N(c1[c-]ccc[c-]1)c1[c-]c(C(C)(C)C)ccc1B3c1cc3c(cc1N2c1ccc(-c2cccc4c2oc2ccccc24)cc1)c1ccccc1n3-c1ccccc1.[Cd+2].[Cd+2]. The standard InChI is InChI=1S/C60H42BN3O.2Cd/c1-37-33-55-57-58(38(37)2)64(42-19-10-7-11-20-42)53-34-40(60(3,4)5)29-32-49(53)61(57)50-36-52-48(45-21-12-14-25-51(45)62(52)41-17-8-6-9-18-41)35-54(50)63(55)43-30-27-39(28-31-43)44-23-16-24-47-46-22-13-15-26-56(46)65-59(44)47;;/h6-18,21-33,35-36H,2H2,1,3-5H3;;/q-4;2*+2. The summed E-state index contributed by atoms with van der Waals surface area (Å²) in [4.78, 5) is 4.82. The first-order valence-corrected chi connectivity index (χ1v) is 22.4. The molecule has 11 aromatic rings. The fourth-order valence-electron chi connectivity index (χ4n) is 10.7. The molecule has 0 N–H and O–H groups in total. The molecule has 0 aliphatic carbocycles. The van der Waals surface area contributed by atoms with Crippen molar-refractivity contribution in [3.8, 4) is 16.8 Å². The first kappa shape index (κ1) is 43.5. The summed E-state index contributed by atoms with van der Waals surface area (Å²) in [7, 11) is 0. The second-order valence-electron chi connectivity index (χ2n) is 18.6. The van der Waals surface area contributed by atoms with Crippen LogP contribution in [0.5, 0.6) is 0 Å². The van der Waals surface area contributed by atoms with Gasteiger partial charge in [0, 0.05) is 49.9 Å². The summed E-state index contributed by atoms with van der Waals surface area (Å²) in [6.07, 6.45) is 0. The molecule has 0 atom stereocenters. The maximum Gasteiger partial charge on any atom is 2.00 e. The molecule has 0 radical (unpaired) electrons. The van der Waals surface area contributed by atoms with Crippen LogP contribution in [0.1, 0.15) is 37.5 Å². The van der Waals surface area contributed by atoms with Crippen LogP contribution >= 0.6 is 0 Å². The van der Waals surface area contributed by atoms with Crippen LogP contribution in [0.3, 0.4) is 0 Å². The number of para-hydroxylation sites is 5. The Morgan fingerprint density at radius 3 is 2.09 bits per heavy atom. The van der Waals surface area contributed by atoms with Crippen molar-refractivity contribution in [1.82, 2.24) is 4.57 Å². The van der Waals surface area contributed by atoms with Crippen molar-refractivity contribution in [2.24, 2.45) is 0 Å². The average molecular weight is 1060 g/mol. The molecule has 13 rings (SSSR count). The molecule has 310 valence electrons. The van der Waals surface area contributed by atoms with Gasteiger partial charge in [-0.1, -0.05) is 141 Å². The van der Waals surface area contributed by atoms with Gasteiger partial charge in [-0.3, -0.25) is 18.2 Å². The topological polar surface area (TPSA) is 24.6 Å². The van der Waals surface area contributed by atoms with E-state index in [1.807, 2.05) is 30.3 Å². The second-order valence-corrected chi connectivity index (χ2v) is 18.6. The van der Waals surface area contributed by atoms with Crippen LogP contribution in [0.4, 0.5) is 34.1 Å². The Labute approximate surface area is 432 Å². The minimum atomic E-state index is -0.123. The Kier molecular flexibility index (Phi) is 10.6. The number of benzene rings is 9. The molecule has 4 heterocycles. The molecule has 2 aliphatic heterocycles. The normalized spacial score (nSPS) is 12.8. The Bertz CT molecular complexity index is 3740. The Balaban J connectivity index is 0.00000247. The van der Waals surface area contributed by atoms with E-state index in [4.69, 9.17) is 11.3 Å². The fourth-order valence-corrected chi connectivity index (χ4v) is 10.7. The van der Waals surface area contributed by atoms with Crippen molar-refractivity contribution in [1.29, 1.82) is 0 Å². The van der Waals surface area contributed by atoms with Gasteiger partial charge in [-0.25, -0.2) is 5.69 Å². The zero-order valence-corrected chi connectivity index (χ0v) is 46.2. The van der Waals surface area contributed by atoms with Gasteiger partial charge in [0.25, 0.3) is 0 Å². The summed E-state index contributed by atoms with van der Waals surface area (Å²) in [5, 5.41) is 4.67. The molecule has 7 heteroatoms. The van der Waals surface area contributed by atoms with Gasteiger partial charge in [-0.2, -0.15) is 36.2 Å². The van der Waals surface area contributed by atoms with Crippen molar-refractivity contribution in [3.63, 3.8) is 0 Å². The fraction of sp³-hybridized carbons (Fsp3) is 0.0833. The van der Waals surface area contributed by atoms with Crippen LogP contribution in [-0.4, -0.2) is 11.3 Å². The maximum atomic E-state index is 6.53. The predicted molar refractivity (Wildman–Crippen MR) is 272 cm³/mol. The zero-order valence-electron chi connectivity index (χ0n) is 38.1. The number of rotatable bonds is 4. The molecule has 0 bridgehead atoms. The quantitative estimate of drug-likeness (QED) is 0.130. The Morgan fingerprint density at radius 2 is 1.31 bits per heavy atom. The third kappa shape index (κ3) is 6.58. The van der Waals surface area contributed by atoms with Crippen LogP contribution < -0.4 is 26.2 Å². The molecule has 67 heavy (non-hydrogen) atoms. The summed E-state index contributed by atoms with van der Waals surface area (Å²) < 4.78 is 8.96. The monoisotopic (exact) mass is 1060 g/mol. The number of aromatic nitrogens is 1. The molecule has 0 unspecified atom stereocenters. The van der Waals surface area contributed by atoms with E-state index in [1.54, 1.807) is 0 Å². The predicted octanol–water partition coefficient (Wildman–Crippen LogP) is 13.6. The van der Waals surface area contributed by atoms with Gasteiger partial charge in [-0.15, -0.1) is 11.0 Å². The summed E-state index contributed by atoms with van der Waals surface area (Å²) >= 11 is 0. The summed E-state index contributed by atoms with van der Waals surface area (Å²) in [5.74, 6) is 0. The van der Waals surface area contributed by atoms with Crippen LogP contribution in [0.15, 0.2) is 174 Å². The van der Waals surface area contributed by atoms with Crippen molar-refractivity contribution in [3.05, 3.63) is 212 Å². The first-order valence-electron chi connectivity index (χ1n) is 22.4. The van der Waals surface area contributed by atoms with Gasteiger partial charge >= 0.3 is 54.6 Å². The van der Waals surface area contributed by atoms with E-state index >= 15 is 0 Å². The van der Waals surface area contributed by atoms with Crippen molar-refractivity contribution in [2.45, 2.75) is 33.1 Å². The van der Waals surface area contributed by atoms with Crippen molar-refractivity contribution < 1.29 is 59.0 Å². The first-order chi connectivity index (χ1) is 31.7.